The molecule has 2 rings (SSSR count). The van der Waals surface area contributed by atoms with Crippen molar-refractivity contribution in [2.24, 2.45) is 0 Å². The van der Waals surface area contributed by atoms with Crippen LogP contribution in [0.25, 0.3) is 0 Å². The van der Waals surface area contributed by atoms with Crippen LogP contribution in [0.5, 0.6) is 11.6 Å². The van der Waals surface area contributed by atoms with Crippen LogP contribution in [0.3, 0.4) is 0 Å². The third kappa shape index (κ3) is 2.88. The molecule has 0 amide bonds. The molecule has 1 unspecified atom stereocenters. The van der Waals surface area contributed by atoms with Crippen LogP contribution in [0, 0.1) is 0 Å². The lowest BCUT2D eigenvalue weighted by atomic mass is 10.1. The topological polar surface area (TPSA) is 34.6 Å². The standard InChI is InChI=1S/C13H20N2O2/c1-4-10(2)15-8-12(9-15)17-13-6-5-11(16-3)7-14-13/h5-7,10,12H,4,8-9H2,1-3H3. The van der Waals surface area contributed by atoms with E-state index in [2.05, 4.69) is 23.7 Å². The van der Waals surface area contributed by atoms with E-state index >= 15 is 0 Å². The van der Waals surface area contributed by atoms with Crippen LogP contribution in [0.1, 0.15) is 20.3 Å². The first-order valence-electron chi connectivity index (χ1n) is 6.13. The van der Waals surface area contributed by atoms with Crippen LogP contribution in [0.15, 0.2) is 18.3 Å². The van der Waals surface area contributed by atoms with Crippen LogP contribution in [-0.4, -0.2) is 42.2 Å². The Morgan fingerprint density at radius 1 is 1.47 bits per heavy atom. The Morgan fingerprint density at radius 3 is 2.76 bits per heavy atom. The highest BCUT2D eigenvalue weighted by molar-refractivity contribution is 5.22. The smallest absolute Gasteiger partial charge is 0.213 e. The zero-order chi connectivity index (χ0) is 12.3. The molecule has 0 spiro atoms. The predicted octanol–water partition coefficient (Wildman–Crippen LogP) is 1.95. The molecule has 0 radical (unpaired) electrons. The summed E-state index contributed by atoms with van der Waals surface area (Å²) in [6.45, 7) is 6.47. The molecule has 2 heterocycles. The van der Waals surface area contributed by atoms with E-state index in [-0.39, 0.29) is 6.10 Å². The van der Waals surface area contributed by atoms with Gasteiger partial charge in [-0.15, -0.1) is 0 Å². The predicted molar refractivity (Wildman–Crippen MR) is 66.5 cm³/mol. The number of pyridine rings is 1. The van der Waals surface area contributed by atoms with Gasteiger partial charge in [-0.3, -0.25) is 4.90 Å². The minimum Gasteiger partial charge on any atom is -0.495 e. The van der Waals surface area contributed by atoms with E-state index in [0.29, 0.717) is 11.9 Å². The maximum atomic E-state index is 5.77. The molecule has 17 heavy (non-hydrogen) atoms. The zero-order valence-corrected chi connectivity index (χ0v) is 10.7. The molecule has 1 aromatic heterocycles. The largest absolute Gasteiger partial charge is 0.495 e. The van der Waals surface area contributed by atoms with Crippen LogP contribution in [0.2, 0.25) is 0 Å². The Hall–Kier alpha value is -1.29. The molecule has 4 heteroatoms. The first-order valence-corrected chi connectivity index (χ1v) is 6.13. The number of methoxy groups -OCH3 is 1. The summed E-state index contributed by atoms with van der Waals surface area (Å²) in [5, 5.41) is 0. The summed E-state index contributed by atoms with van der Waals surface area (Å²) in [4.78, 5) is 6.62. The fraction of sp³-hybridized carbons (Fsp3) is 0.615. The highest BCUT2D eigenvalue weighted by atomic mass is 16.5. The molecule has 0 N–H and O–H groups in total. The van der Waals surface area contributed by atoms with Crippen molar-refractivity contribution in [3.63, 3.8) is 0 Å². The Kier molecular flexibility index (Phi) is 3.84. The number of aromatic nitrogens is 1. The number of ether oxygens (including phenoxy) is 2. The molecule has 1 aromatic rings. The molecule has 0 saturated carbocycles. The van der Waals surface area contributed by atoms with Gasteiger partial charge in [0.2, 0.25) is 5.88 Å². The van der Waals surface area contributed by atoms with Gasteiger partial charge in [-0.05, 0) is 19.4 Å². The maximum Gasteiger partial charge on any atom is 0.213 e. The van der Waals surface area contributed by atoms with Gasteiger partial charge >= 0.3 is 0 Å². The number of nitrogens with zero attached hydrogens (tertiary/aromatic N) is 2. The fourth-order valence-corrected chi connectivity index (χ4v) is 1.89. The lowest BCUT2D eigenvalue weighted by Gasteiger charge is -2.42. The monoisotopic (exact) mass is 236 g/mol. The van der Waals surface area contributed by atoms with Gasteiger partial charge in [-0.1, -0.05) is 6.92 Å². The summed E-state index contributed by atoms with van der Waals surface area (Å²) in [5.41, 5.74) is 0. The lowest BCUT2D eigenvalue weighted by molar-refractivity contribution is -0.00765. The van der Waals surface area contributed by atoms with Crippen molar-refractivity contribution < 1.29 is 9.47 Å². The van der Waals surface area contributed by atoms with Gasteiger partial charge in [-0.2, -0.15) is 0 Å². The second-order valence-electron chi connectivity index (χ2n) is 4.49. The van der Waals surface area contributed by atoms with E-state index in [1.54, 1.807) is 13.3 Å². The second kappa shape index (κ2) is 5.36. The Morgan fingerprint density at radius 2 is 2.24 bits per heavy atom. The summed E-state index contributed by atoms with van der Waals surface area (Å²) in [5.74, 6) is 1.44. The SMILES string of the molecule is CCC(C)N1CC(Oc2ccc(OC)cn2)C1. The zero-order valence-electron chi connectivity index (χ0n) is 10.7. The lowest BCUT2D eigenvalue weighted by Crippen LogP contribution is -2.56. The van der Waals surface area contributed by atoms with Gasteiger partial charge < -0.3 is 9.47 Å². The van der Waals surface area contributed by atoms with Crippen LogP contribution < -0.4 is 9.47 Å². The van der Waals surface area contributed by atoms with E-state index in [0.717, 1.165) is 18.8 Å². The van der Waals surface area contributed by atoms with Crippen LogP contribution in [-0.2, 0) is 0 Å². The Labute approximate surface area is 103 Å². The molecule has 1 aliphatic rings. The summed E-state index contributed by atoms with van der Waals surface area (Å²) in [7, 11) is 1.63. The van der Waals surface area contributed by atoms with Crippen LogP contribution in [0.4, 0.5) is 0 Å². The van der Waals surface area contributed by atoms with Gasteiger partial charge in [0.25, 0.3) is 0 Å². The van der Waals surface area contributed by atoms with Gasteiger partial charge in [0.15, 0.2) is 0 Å². The van der Waals surface area contributed by atoms with E-state index in [1.165, 1.54) is 6.42 Å². The fourth-order valence-electron chi connectivity index (χ4n) is 1.89. The Balaban J connectivity index is 1.79. The van der Waals surface area contributed by atoms with Crippen molar-refractivity contribution in [2.75, 3.05) is 20.2 Å². The minimum absolute atomic E-state index is 0.282. The maximum absolute atomic E-state index is 5.77. The van der Waals surface area contributed by atoms with Crippen molar-refractivity contribution in [3.8, 4) is 11.6 Å². The number of likely N-dealkylation sites (tertiary alicyclic amines) is 1. The van der Waals surface area contributed by atoms with E-state index in [1.807, 2.05) is 12.1 Å². The van der Waals surface area contributed by atoms with Crippen molar-refractivity contribution in [1.82, 2.24) is 9.88 Å². The molecule has 0 bridgehead atoms. The van der Waals surface area contributed by atoms with Crippen molar-refractivity contribution in [2.45, 2.75) is 32.4 Å². The summed E-state index contributed by atoms with van der Waals surface area (Å²) >= 11 is 0. The van der Waals surface area contributed by atoms with Crippen molar-refractivity contribution >= 4 is 0 Å². The van der Waals surface area contributed by atoms with Gasteiger partial charge in [0, 0.05) is 25.2 Å². The second-order valence-corrected chi connectivity index (χ2v) is 4.49. The summed E-state index contributed by atoms with van der Waals surface area (Å²) in [6, 6.07) is 4.37. The molecule has 1 aliphatic heterocycles. The molecule has 94 valence electrons. The molecule has 1 atom stereocenters. The van der Waals surface area contributed by atoms with E-state index in [4.69, 9.17) is 9.47 Å². The number of hydrogen-bond acceptors (Lipinski definition) is 4. The van der Waals surface area contributed by atoms with Gasteiger partial charge in [0.1, 0.15) is 11.9 Å². The molecule has 0 aromatic carbocycles. The first kappa shape index (κ1) is 12.2. The van der Waals surface area contributed by atoms with Crippen LogP contribution >= 0.6 is 0 Å². The first-order chi connectivity index (χ1) is 8.22. The normalized spacial score (nSPS) is 18.5. The molecule has 4 nitrogen and oxygen atoms in total. The quantitative estimate of drug-likeness (QED) is 0.782. The number of rotatable bonds is 5. The average Bonchev–Trinajstić information content (AvgIpc) is 2.33. The highest BCUT2D eigenvalue weighted by Gasteiger charge is 2.31. The number of hydrogen-bond donors (Lipinski definition) is 0. The molecular formula is C13H20N2O2. The Bertz CT molecular complexity index is 347. The van der Waals surface area contributed by atoms with E-state index < -0.39 is 0 Å². The van der Waals surface area contributed by atoms with Crippen molar-refractivity contribution in [3.05, 3.63) is 18.3 Å². The van der Waals surface area contributed by atoms with E-state index in [9.17, 15) is 0 Å². The summed E-state index contributed by atoms with van der Waals surface area (Å²) < 4.78 is 10.8. The highest BCUT2D eigenvalue weighted by Crippen LogP contribution is 2.20. The van der Waals surface area contributed by atoms with Gasteiger partial charge in [-0.25, -0.2) is 4.98 Å². The third-order valence-corrected chi connectivity index (χ3v) is 3.32. The summed E-state index contributed by atoms with van der Waals surface area (Å²) in [6.07, 6.45) is 3.15. The average molecular weight is 236 g/mol. The van der Waals surface area contributed by atoms with Gasteiger partial charge in [0.05, 0.1) is 13.3 Å². The molecule has 1 saturated heterocycles. The molecular weight excluding hydrogens is 216 g/mol. The third-order valence-electron chi connectivity index (χ3n) is 3.32. The van der Waals surface area contributed by atoms with Crippen molar-refractivity contribution in [1.29, 1.82) is 0 Å². The minimum atomic E-state index is 0.282. The molecule has 0 aliphatic carbocycles. The molecule has 1 fully saturated rings.